The van der Waals surface area contributed by atoms with E-state index >= 15 is 0 Å². The van der Waals surface area contributed by atoms with E-state index in [0.29, 0.717) is 0 Å². The molecule has 0 radical (unpaired) electrons. The summed E-state index contributed by atoms with van der Waals surface area (Å²) in [6.07, 6.45) is 0. The van der Waals surface area contributed by atoms with Crippen molar-refractivity contribution < 1.29 is 0 Å². The summed E-state index contributed by atoms with van der Waals surface area (Å²) in [7, 11) is 0. The Morgan fingerprint density at radius 3 is 1.64 bits per heavy atom. The van der Waals surface area contributed by atoms with Gasteiger partial charge in [-0.2, -0.15) is 0 Å². The summed E-state index contributed by atoms with van der Waals surface area (Å²) in [6, 6.07) is 57.6. The van der Waals surface area contributed by atoms with Crippen LogP contribution in [-0.2, 0) is 5.41 Å². The molecule has 0 bridgehead atoms. The second-order valence-electron chi connectivity index (χ2n) is 13.2. The first-order valence-electron chi connectivity index (χ1n) is 16.4. The Bertz CT molecular complexity index is 2230. The third-order valence-corrected chi connectivity index (χ3v) is 9.72. The number of hydrogen-bond donors (Lipinski definition) is 0. The lowest BCUT2D eigenvalue weighted by Gasteiger charge is -2.30. The largest absolute Gasteiger partial charge is 0.310 e. The predicted molar refractivity (Wildman–Crippen MR) is 200 cm³/mol. The van der Waals surface area contributed by atoms with Gasteiger partial charge >= 0.3 is 0 Å². The van der Waals surface area contributed by atoms with Crippen molar-refractivity contribution in [2.75, 3.05) is 9.80 Å². The molecule has 0 unspecified atom stereocenters. The van der Waals surface area contributed by atoms with Crippen molar-refractivity contribution in [2.24, 2.45) is 0 Å². The highest BCUT2D eigenvalue weighted by Gasteiger charge is 2.38. The molecule has 0 saturated heterocycles. The molecule has 0 aliphatic heterocycles. The van der Waals surface area contributed by atoms with Crippen molar-refractivity contribution in [1.29, 1.82) is 0 Å². The number of nitrogens with zero attached hydrogens (tertiary/aromatic N) is 2. The van der Waals surface area contributed by atoms with Gasteiger partial charge in [0.05, 0.1) is 5.69 Å². The topological polar surface area (TPSA) is 6.48 Å². The fourth-order valence-electron chi connectivity index (χ4n) is 7.37. The molecule has 1 aliphatic rings. The number of fused-ring (bicyclic) bond motifs is 5. The Kier molecular flexibility index (Phi) is 6.95. The second-order valence-corrected chi connectivity index (χ2v) is 13.2. The van der Waals surface area contributed by atoms with Crippen LogP contribution < -0.4 is 9.80 Å². The molecule has 0 aromatic heterocycles. The minimum atomic E-state index is -0.218. The summed E-state index contributed by atoms with van der Waals surface area (Å²) in [6.45, 7) is 9.08. The van der Waals surface area contributed by atoms with Gasteiger partial charge in [0, 0.05) is 39.2 Å². The van der Waals surface area contributed by atoms with Gasteiger partial charge in [0.2, 0.25) is 0 Å². The van der Waals surface area contributed by atoms with E-state index in [1.54, 1.807) is 0 Å². The highest BCUT2D eigenvalue weighted by molar-refractivity contribution is 6.10. The first-order valence-corrected chi connectivity index (χ1v) is 16.4. The monoisotopic (exact) mass is 606 g/mol. The summed E-state index contributed by atoms with van der Waals surface area (Å²) < 4.78 is 0. The van der Waals surface area contributed by atoms with Gasteiger partial charge in [-0.05, 0) is 114 Å². The maximum absolute atomic E-state index is 2.46. The standard InChI is InChI=1S/C45H38N2/c1-31-22-24-35(25-23-31)47(34-17-9-6-10-18-34)43-30-42-44(39-21-12-11-20-38(39)43)40-27-26-37(29-41(40)45(42,3)4)46(33-15-7-5-8-16-33)36-19-13-14-32(2)28-36/h5-30H,1-4H3. The van der Waals surface area contributed by atoms with Gasteiger partial charge in [-0.3, -0.25) is 0 Å². The van der Waals surface area contributed by atoms with E-state index in [-0.39, 0.29) is 5.41 Å². The van der Waals surface area contributed by atoms with E-state index in [9.17, 15) is 0 Å². The molecule has 0 fully saturated rings. The lowest BCUT2D eigenvalue weighted by atomic mass is 9.81. The minimum absolute atomic E-state index is 0.218. The molecule has 2 heteroatoms. The fraction of sp³-hybridized carbons (Fsp3) is 0.111. The number of benzene rings is 7. The van der Waals surface area contributed by atoms with Crippen molar-refractivity contribution in [3.8, 4) is 11.1 Å². The fourth-order valence-corrected chi connectivity index (χ4v) is 7.37. The van der Waals surface area contributed by atoms with Crippen LogP contribution in [0.15, 0.2) is 158 Å². The van der Waals surface area contributed by atoms with E-state index in [2.05, 4.69) is 195 Å². The molecule has 8 rings (SSSR count). The molecule has 0 amide bonds. The van der Waals surface area contributed by atoms with Crippen LogP contribution in [0.5, 0.6) is 0 Å². The molecule has 0 heterocycles. The van der Waals surface area contributed by atoms with Crippen molar-refractivity contribution >= 4 is 44.9 Å². The van der Waals surface area contributed by atoms with Crippen molar-refractivity contribution in [3.63, 3.8) is 0 Å². The molecule has 228 valence electrons. The van der Waals surface area contributed by atoms with Crippen LogP contribution in [0.2, 0.25) is 0 Å². The second kappa shape index (κ2) is 11.3. The molecular formula is C45H38N2. The molecule has 0 N–H and O–H groups in total. The molecule has 47 heavy (non-hydrogen) atoms. The van der Waals surface area contributed by atoms with E-state index in [0.717, 1.165) is 28.4 Å². The van der Waals surface area contributed by atoms with Gasteiger partial charge in [0.15, 0.2) is 0 Å². The smallest absolute Gasteiger partial charge is 0.0543 e. The Balaban J connectivity index is 1.35. The van der Waals surface area contributed by atoms with Crippen LogP contribution in [-0.4, -0.2) is 0 Å². The normalized spacial score (nSPS) is 12.9. The highest BCUT2D eigenvalue weighted by Crippen LogP contribution is 2.55. The Morgan fingerprint density at radius 2 is 0.957 bits per heavy atom. The molecule has 0 spiro atoms. The van der Waals surface area contributed by atoms with Crippen LogP contribution in [0.4, 0.5) is 34.1 Å². The van der Waals surface area contributed by atoms with Gasteiger partial charge in [-0.25, -0.2) is 0 Å². The summed E-state index contributed by atoms with van der Waals surface area (Å²) >= 11 is 0. The van der Waals surface area contributed by atoms with Crippen LogP contribution in [0.25, 0.3) is 21.9 Å². The molecule has 2 nitrogen and oxygen atoms in total. The molecule has 0 atom stereocenters. The Hall–Kier alpha value is -5.60. The van der Waals surface area contributed by atoms with Gasteiger partial charge < -0.3 is 9.80 Å². The number of anilines is 6. The molecule has 7 aromatic carbocycles. The number of aryl methyl sites for hydroxylation is 2. The highest BCUT2D eigenvalue weighted by atomic mass is 15.1. The zero-order chi connectivity index (χ0) is 32.1. The van der Waals surface area contributed by atoms with Crippen molar-refractivity contribution in [2.45, 2.75) is 33.1 Å². The Morgan fingerprint density at radius 1 is 0.404 bits per heavy atom. The SMILES string of the molecule is Cc1ccc(N(c2ccccc2)c2cc3c(c4ccccc24)-c2ccc(N(c4ccccc4)c4cccc(C)c4)cc2C3(C)C)cc1. The van der Waals surface area contributed by atoms with E-state index in [1.807, 2.05) is 0 Å². The third kappa shape index (κ3) is 4.89. The first kappa shape index (κ1) is 28.8. The summed E-state index contributed by atoms with van der Waals surface area (Å²) in [5.74, 6) is 0. The van der Waals surface area contributed by atoms with Crippen molar-refractivity contribution in [1.82, 2.24) is 0 Å². The van der Waals surface area contributed by atoms with E-state index in [1.165, 1.54) is 49.8 Å². The lowest BCUT2D eigenvalue weighted by molar-refractivity contribution is 0.661. The summed E-state index contributed by atoms with van der Waals surface area (Å²) in [4.78, 5) is 4.80. The predicted octanol–water partition coefficient (Wildman–Crippen LogP) is 12.7. The summed E-state index contributed by atoms with van der Waals surface area (Å²) in [5, 5.41) is 2.53. The van der Waals surface area contributed by atoms with Crippen LogP contribution in [0.1, 0.15) is 36.1 Å². The van der Waals surface area contributed by atoms with Gasteiger partial charge in [0.1, 0.15) is 0 Å². The average Bonchev–Trinajstić information content (AvgIpc) is 3.32. The zero-order valence-corrected chi connectivity index (χ0v) is 27.4. The van der Waals surface area contributed by atoms with Crippen LogP contribution in [0, 0.1) is 13.8 Å². The van der Waals surface area contributed by atoms with Gasteiger partial charge in [-0.15, -0.1) is 0 Å². The maximum Gasteiger partial charge on any atom is 0.0543 e. The molecule has 1 aliphatic carbocycles. The molecular weight excluding hydrogens is 569 g/mol. The first-order chi connectivity index (χ1) is 22.9. The van der Waals surface area contributed by atoms with Crippen LogP contribution in [0.3, 0.4) is 0 Å². The quantitative estimate of drug-likeness (QED) is 0.186. The maximum atomic E-state index is 2.46. The number of hydrogen-bond acceptors (Lipinski definition) is 2. The lowest BCUT2D eigenvalue weighted by Crippen LogP contribution is -2.18. The number of para-hydroxylation sites is 2. The third-order valence-electron chi connectivity index (χ3n) is 9.72. The summed E-state index contributed by atoms with van der Waals surface area (Å²) in [5.41, 5.74) is 14.6. The van der Waals surface area contributed by atoms with E-state index in [4.69, 9.17) is 0 Å². The average molecular weight is 607 g/mol. The van der Waals surface area contributed by atoms with Gasteiger partial charge in [-0.1, -0.05) is 110 Å². The number of rotatable bonds is 6. The molecule has 7 aromatic rings. The zero-order valence-electron chi connectivity index (χ0n) is 27.4. The Labute approximate surface area is 278 Å². The van der Waals surface area contributed by atoms with Crippen LogP contribution >= 0.6 is 0 Å². The molecule has 0 saturated carbocycles. The van der Waals surface area contributed by atoms with Crippen molar-refractivity contribution in [3.05, 3.63) is 180 Å². The van der Waals surface area contributed by atoms with Gasteiger partial charge in [0.25, 0.3) is 0 Å². The van der Waals surface area contributed by atoms with E-state index < -0.39 is 0 Å². The minimum Gasteiger partial charge on any atom is -0.310 e.